The number of hydrogen-bond donors (Lipinski definition) is 4. The number of rotatable bonds is 35. The Morgan fingerprint density at radius 2 is 0.909 bits per heavy atom. The lowest BCUT2D eigenvalue weighted by molar-refractivity contribution is -0.125. The molecule has 0 aliphatic rings. The maximum Gasteiger partial charge on any atom is 0.222 e. The SMILES string of the molecule is CCCCCCCCCCCCC/C=C\CCCCCCCC(O)CC(=O)NC(CO)C(O)CCCCCCCCCCC. The highest BCUT2D eigenvalue weighted by molar-refractivity contribution is 5.76. The third-order valence-electron chi connectivity index (χ3n) is 9.08. The Balaban J connectivity index is 3.61. The molecule has 0 rings (SSSR count). The molecule has 4 N–H and O–H groups in total. The highest BCUT2D eigenvalue weighted by Gasteiger charge is 2.21. The zero-order chi connectivity index (χ0) is 32.4. The molecule has 5 nitrogen and oxygen atoms in total. The van der Waals surface area contributed by atoms with Crippen molar-refractivity contribution in [2.45, 2.75) is 225 Å². The van der Waals surface area contributed by atoms with Gasteiger partial charge in [-0.3, -0.25) is 4.79 Å². The average molecular weight is 624 g/mol. The van der Waals surface area contributed by atoms with Crippen LogP contribution in [0.15, 0.2) is 12.2 Å². The fraction of sp³-hybridized carbons (Fsp3) is 0.923. The van der Waals surface area contributed by atoms with Crippen molar-refractivity contribution in [2.75, 3.05) is 6.61 Å². The Morgan fingerprint density at radius 3 is 1.32 bits per heavy atom. The van der Waals surface area contributed by atoms with Gasteiger partial charge in [-0.1, -0.05) is 174 Å². The third-order valence-corrected chi connectivity index (χ3v) is 9.08. The Bertz CT molecular complexity index is 611. The molecule has 0 radical (unpaired) electrons. The molecular formula is C39H77NO4. The van der Waals surface area contributed by atoms with Crippen LogP contribution in [0, 0.1) is 0 Å². The van der Waals surface area contributed by atoms with Gasteiger partial charge in [0.05, 0.1) is 31.3 Å². The fourth-order valence-electron chi connectivity index (χ4n) is 6.05. The van der Waals surface area contributed by atoms with Crippen molar-refractivity contribution in [3.8, 4) is 0 Å². The summed E-state index contributed by atoms with van der Waals surface area (Å²) in [7, 11) is 0. The zero-order valence-electron chi connectivity index (χ0n) is 29.6. The number of carbonyl (C=O) groups is 1. The smallest absolute Gasteiger partial charge is 0.222 e. The molecule has 44 heavy (non-hydrogen) atoms. The number of unbranched alkanes of at least 4 members (excludes halogenated alkanes) is 24. The minimum atomic E-state index is -0.745. The molecule has 0 saturated heterocycles. The van der Waals surface area contributed by atoms with E-state index in [0.29, 0.717) is 12.8 Å². The monoisotopic (exact) mass is 624 g/mol. The van der Waals surface area contributed by atoms with Crippen LogP contribution in [0.25, 0.3) is 0 Å². The van der Waals surface area contributed by atoms with Gasteiger partial charge in [-0.2, -0.15) is 0 Å². The van der Waals surface area contributed by atoms with Crippen LogP contribution in [-0.4, -0.2) is 46.1 Å². The van der Waals surface area contributed by atoms with Crippen molar-refractivity contribution < 1.29 is 20.1 Å². The van der Waals surface area contributed by atoms with Crippen LogP contribution in [-0.2, 0) is 4.79 Å². The molecule has 5 heteroatoms. The summed E-state index contributed by atoms with van der Waals surface area (Å²) >= 11 is 0. The number of allylic oxidation sites excluding steroid dienone is 2. The summed E-state index contributed by atoms with van der Waals surface area (Å²) in [6, 6.07) is -0.655. The van der Waals surface area contributed by atoms with E-state index in [4.69, 9.17) is 0 Å². The zero-order valence-corrected chi connectivity index (χ0v) is 29.6. The molecule has 0 aliphatic carbocycles. The first-order valence-electron chi connectivity index (χ1n) is 19.5. The minimum absolute atomic E-state index is 0.0329. The van der Waals surface area contributed by atoms with E-state index in [-0.39, 0.29) is 18.9 Å². The quantitative estimate of drug-likeness (QED) is 0.0418. The van der Waals surface area contributed by atoms with E-state index in [1.807, 2.05) is 0 Å². The second-order valence-electron chi connectivity index (χ2n) is 13.5. The number of nitrogens with one attached hydrogen (secondary N) is 1. The highest BCUT2D eigenvalue weighted by Crippen LogP contribution is 2.15. The van der Waals surface area contributed by atoms with Crippen LogP contribution in [0.1, 0.15) is 206 Å². The minimum Gasteiger partial charge on any atom is -0.394 e. The molecule has 0 heterocycles. The molecule has 0 aromatic heterocycles. The van der Waals surface area contributed by atoms with E-state index >= 15 is 0 Å². The van der Waals surface area contributed by atoms with Crippen LogP contribution in [0.2, 0.25) is 0 Å². The third kappa shape index (κ3) is 31.1. The Kier molecular flexibility index (Phi) is 34.2. The van der Waals surface area contributed by atoms with Gasteiger partial charge in [-0.05, 0) is 38.5 Å². The second-order valence-corrected chi connectivity index (χ2v) is 13.5. The summed E-state index contributed by atoms with van der Waals surface area (Å²) < 4.78 is 0. The maximum atomic E-state index is 12.4. The van der Waals surface area contributed by atoms with E-state index in [0.717, 1.165) is 32.1 Å². The van der Waals surface area contributed by atoms with Gasteiger partial charge in [-0.15, -0.1) is 0 Å². The van der Waals surface area contributed by atoms with Crippen molar-refractivity contribution in [3.63, 3.8) is 0 Å². The van der Waals surface area contributed by atoms with Gasteiger partial charge in [0.25, 0.3) is 0 Å². The second kappa shape index (κ2) is 35.0. The van der Waals surface area contributed by atoms with E-state index in [2.05, 4.69) is 31.3 Å². The van der Waals surface area contributed by atoms with Gasteiger partial charge in [0, 0.05) is 0 Å². The first-order valence-corrected chi connectivity index (χ1v) is 19.5. The molecule has 1 amide bonds. The summed E-state index contributed by atoms with van der Waals surface area (Å²) in [6.07, 6.45) is 38.9. The van der Waals surface area contributed by atoms with E-state index < -0.39 is 18.2 Å². The number of amides is 1. The lowest BCUT2D eigenvalue weighted by Crippen LogP contribution is -2.46. The Labute approximate surface area is 274 Å². The normalized spacial score (nSPS) is 13.8. The Morgan fingerprint density at radius 1 is 0.545 bits per heavy atom. The maximum absolute atomic E-state index is 12.4. The summed E-state index contributed by atoms with van der Waals surface area (Å²) in [6.45, 7) is 4.23. The summed E-state index contributed by atoms with van der Waals surface area (Å²) in [4.78, 5) is 12.4. The summed E-state index contributed by atoms with van der Waals surface area (Å²) in [5.74, 6) is -0.289. The predicted molar refractivity (Wildman–Crippen MR) is 190 cm³/mol. The molecule has 0 bridgehead atoms. The number of carbonyl (C=O) groups excluding carboxylic acids is 1. The van der Waals surface area contributed by atoms with Gasteiger partial charge in [0.15, 0.2) is 0 Å². The fourth-order valence-corrected chi connectivity index (χ4v) is 6.05. The molecule has 0 saturated carbocycles. The van der Waals surface area contributed by atoms with Crippen molar-refractivity contribution in [3.05, 3.63) is 12.2 Å². The molecule has 262 valence electrons. The first kappa shape index (κ1) is 43.1. The molecule has 0 aliphatic heterocycles. The summed E-state index contributed by atoms with van der Waals surface area (Å²) in [5.41, 5.74) is 0. The van der Waals surface area contributed by atoms with Gasteiger partial charge in [-0.25, -0.2) is 0 Å². The number of aliphatic hydroxyl groups excluding tert-OH is 3. The average Bonchev–Trinajstić information content (AvgIpc) is 3.01. The van der Waals surface area contributed by atoms with Crippen molar-refractivity contribution in [1.82, 2.24) is 5.32 Å². The van der Waals surface area contributed by atoms with E-state index in [1.165, 1.54) is 141 Å². The summed E-state index contributed by atoms with van der Waals surface area (Å²) in [5, 5.41) is 33.1. The molecular weight excluding hydrogens is 546 g/mol. The van der Waals surface area contributed by atoms with E-state index in [9.17, 15) is 20.1 Å². The first-order chi connectivity index (χ1) is 21.5. The number of hydrogen-bond acceptors (Lipinski definition) is 4. The van der Waals surface area contributed by atoms with Crippen LogP contribution in [0.5, 0.6) is 0 Å². The molecule has 3 atom stereocenters. The topological polar surface area (TPSA) is 89.8 Å². The van der Waals surface area contributed by atoms with Crippen LogP contribution < -0.4 is 5.32 Å². The van der Waals surface area contributed by atoms with Crippen LogP contribution in [0.4, 0.5) is 0 Å². The van der Waals surface area contributed by atoms with Gasteiger partial charge in [0.2, 0.25) is 5.91 Å². The lowest BCUT2D eigenvalue weighted by Gasteiger charge is -2.23. The van der Waals surface area contributed by atoms with Crippen molar-refractivity contribution in [1.29, 1.82) is 0 Å². The molecule has 3 unspecified atom stereocenters. The largest absolute Gasteiger partial charge is 0.394 e. The number of aliphatic hydroxyl groups is 3. The van der Waals surface area contributed by atoms with Gasteiger partial charge in [0.1, 0.15) is 0 Å². The predicted octanol–water partition coefficient (Wildman–Crippen LogP) is 10.5. The van der Waals surface area contributed by atoms with Crippen molar-refractivity contribution >= 4 is 5.91 Å². The van der Waals surface area contributed by atoms with Gasteiger partial charge >= 0.3 is 0 Å². The van der Waals surface area contributed by atoms with Crippen LogP contribution in [0.3, 0.4) is 0 Å². The molecule has 0 aromatic carbocycles. The molecule has 0 fully saturated rings. The van der Waals surface area contributed by atoms with Crippen molar-refractivity contribution in [2.24, 2.45) is 0 Å². The highest BCUT2D eigenvalue weighted by atomic mass is 16.3. The lowest BCUT2D eigenvalue weighted by atomic mass is 10.0. The Hall–Kier alpha value is -0.910. The van der Waals surface area contributed by atoms with Crippen LogP contribution >= 0.6 is 0 Å². The standard InChI is InChI=1S/C39H77NO4/c1-3-5-7-9-11-13-14-15-16-17-18-19-20-21-22-23-25-26-28-30-32-36(42)34-39(44)40-37(35-41)38(43)33-31-29-27-24-12-10-8-6-4-2/h20-21,36-38,41-43H,3-19,22-35H2,1-2H3,(H,40,44)/b21-20-. The molecule has 0 spiro atoms. The van der Waals surface area contributed by atoms with E-state index in [1.54, 1.807) is 0 Å². The molecule has 0 aromatic rings. The van der Waals surface area contributed by atoms with Gasteiger partial charge < -0.3 is 20.6 Å².